The molecular weight excluding hydrogens is 264 g/mol. The molecule has 1 aliphatic heterocycles. The Balaban J connectivity index is 2.40. The van der Waals surface area contributed by atoms with Crippen molar-refractivity contribution in [3.05, 3.63) is 33.9 Å². The van der Waals surface area contributed by atoms with Crippen molar-refractivity contribution in [1.29, 1.82) is 0 Å². The van der Waals surface area contributed by atoms with Crippen LogP contribution < -0.4 is 4.90 Å². The number of rotatable bonds is 3. The van der Waals surface area contributed by atoms with Gasteiger partial charge in [-0.15, -0.1) is 0 Å². The molecule has 1 aromatic rings. The molecule has 19 heavy (non-hydrogen) atoms. The highest BCUT2D eigenvalue weighted by Crippen LogP contribution is 2.35. The van der Waals surface area contributed by atoms with E-state index in [1.165, 1.54) is 6.07 Å². The van der Waals surface area contributed by atoms with Crippen LogP contribution >= 0.6 is 11.8 Å². The molecule has 0 saturated carbocycles. The number of benzene rings is 1. The van der Waals surface area contributed by atoms with Gasteiger partial charge in [-0.2, -0.15) is 11.8 Å². The maximum atomic E-state index is 11.2. The summed E-state index contributed by atoms with van der Waals surface area (Å²) in [5.74, 6) is 0.977. The Bertz CT molecular complexity index is 481. The molecule has 0 amide bonds. The molecule has 104 valence electrons. The van der Waals surface area contributed by atoms with Crippen molar-refractivity contribution in [1.82, 2.24) is 0 Å². The molecule has 1 aromatic carbocycles. The van der Waals surface area contributed by atoms with Gasteiger partial charge < -0.3 is 10.0 Å². The van der Waals surface area contributed by atoms with Crippen molar-refractivity contribution in [2.75, 3.05) is 17.2 Å². The molecular formula is C13H18N2O3S. The summed E-state index contributed by atoms with van der Waals surface area (Å²) in [5.41, 5.74) is 1.31. The Morgan fingerprint density at radius 3 is 2.89 bits per heavy atom. The van der Waals surface area contributed by atoms with Gasteiger partial charge in [-0.1, -0.05) is 13.0 Å². The average Bonchev–Trinajstić information content (AvgIpc) is 2.41. The zero-order chi connectivity index (χ0) is 14.0. The largest absolute Gasteiger partial charge is 0.392 e. The summed E-state index contributed by atoms with van der Waals surface area (Å²) in [4.78, 5) is 12.9. The van der Waals surface area contributed by atoms with Gasteiger partial charge in [0.25, 0.3) is 5.69 Å². The molecule has 0 spiro atoms. The summed E-state index contributed by atoms with van der Waals surface area (Å²) in [5, 5.41) is 20.8. The minimum Gasteiger partial charge on any atom is -0.392 e. The van der Waals surface area contributed by atoms with E-state index in [-0.39, 0.29) is 23.3 Å². The number of anilines is 1. The minimum absolute atomic E-state index is 0.0810. The number of aliphatic hydroxyl groups excluding tert-OH is 1. The molecule has 1 N–H and O–H groups in total. The van der Waals surface area contributed by atoms with Gasteiger partial charge in [0, 0.05) is 29.7 Å². The fraction of sp³-hybridized carbons (Fsp3) is 0.538. The highest BCUT2D eigenvalue weighted by atomic mass is 32.2. The molecule has 1 aliphatic rings. The van der Waals surface area contributed by atoms with Crippen LogP contribution in [0.4, 0.5) is 11.4 Å². The summed E-state index contributed by atoms with van der Waals surface area (Å²) >= 11 is 1.89. The highest BCUT2D eigenvalue weighted by Gasteiger charge is 2.29. The van der Waals surface area contributed by atoms with Gasteiger partial charge in [-0.3, -0.25) is 10.1 Å². The third kappa shape index (κ3) is 2.84. The van der Waals surface area contributed by atoms with Gasteiger partial charge in [0.2, 0.25) is 0 Å². The minimum atomic E-state index is -0.367. The predicted octanol–water partition coefficient (Wildman–Crippen LogP) is 2.42. The van der Waals surface area contributed by atoms with E-state index < -0.39 is 0 Å². The van der Waals surface area contributed by atoms with Gasteiger partial charge in [0.1, 0.15) is 5.69 Å². The van der Waals surface area contributed by atoms with Crippen molar-refractivity contribution >= 4 is 23.1 Å². The Kier molecular flexibility index (Phi) is 4.31. The summed E-state index contributed by atoms with van der Waals surface area (Å²) in [6, 6.07) is 5.23. The van der Waals surface area contributed by atoms with E-state index in [1.807, 2.05) is 11.8 Å². The summed E-state index contributed by atoms with van der Waals surface area (Å²) in [6.45, 7) is 4.88. The first-order valence-electron chi connectivity index (χ1n) is 6.31. The van der Waals surface area contributed by atoms with Gasteiger partial charge in [0.05, 0.1) is 11.5 Å². The first-order chi connectivity index (χ1) is 9.04. The van der Waals surface area contributed by atoms with E-state index in [0.29, 0.717) is 16.5 Å². The quantitative estimate of drug-likeness (QED) is 0.681. The van der Waals surface area contributed by atoms with Gasteiger partial charge in [-0.05, 0) is 18.6 Å². The lowest BCUT2D eigenvalue weighted by molar-refractivity contribution is -0.384. The predicted molar refractivity (Wildman–Crippen MR) is 77.7 cm³/mol. The van der Waals surface area contributed by atoms with Crippen LogP contribution in [0.3, 0.4) is 0 Å². The van der Waals surface area contributed by atoms with Crippen LogP contribution in [0.25, 0.3) is 0 Å². The van der Waals surface area contributed by atoms with E-state index in [4.69, 9.17) is 5.11 Å². The first kappa shape index (κ1) is 14.1. The molecule has 5 nitrogen and oxygen atoms in total. The number of aliphatic hydroxyl groups is 1. The Labute approximate surface area is 116 Å². The van der Waals surface area contributed by atoms with Gasteiger partial charge in [0.15, 0.2) is 0 Å². The summed E-state index contributed by atoms with van der Waals surface area (Å²) in [7, 11) is 0. The smallest absolute Gasteiger partial charge is 0.292 e. The zero-order valence-electron chi connectivity index (χ0n) is 11.1. The Morgan fingerprint density at radius 1 is 1.53 bits per heavy atom. The molecule has 2 rings (SSSR count). The SMILES string of the molecule is CC1SCCN(c2ccc(CO)cc2[N+](=O)[O-])C1C. The number of nitrogens with zero attached hydrogens (tertiary/aromatic N) is 2. The lowest BCUT2D eigenvalue weighted by atomic mass is 10.1. The number of nitro groups is 1. The maximum Gasteiger partial charge on any atom is 0.292 e. The summed E-state index contributed by atoms with van der Waals surface area (Å²) in [6.07, 6.45) is 0. The molecule has 0 aliphatic carbocycles. The van der Waals surface area contributed by atoms with E-state index in [9.17, 15) is 10.1 Å². The van der Waals surface area contributed by atoms with Crippen LogP contribution in [0, 0.1) is 10.1 Å². The van der Waals surface area contributed by atoms with Crippen LogP contribution in [0.5, 0.6) is 0 Å². The standard InChI is InChI=1S/C13H18N2O3S/c1-9-10(2)19-6-5-14(9)12-4-3-11(8-16)7-13(12)15(17)18/h3-4,7,9-10,16H,5-6,8H2,1-2H3. The third-order valence-corrected chi connectivity index (χ3v) is 4.95. The van der Waals surface area contributed by atoms with E-state index >= 15 is 0 Å². The van der Waals surface area contributed by atoms with E-state index in [2.05, 4.69) is 18.7 Å². The van der Waals surface area contributed by atoms with Gasteiger partial charge in [-0.25, -0.2) is 0 Å². The molecule has 0 radical (unpaired) electrons. The Morgan fingerprint density at radius 2 is 2.26 bits per heavy atom. The van der Waals surface area contributed by atoms with Crippen LogP contribution in [0.15, 0.2) is 18.2 Å². The maximum absolute atomic E-state index is 11.2. The second-order valence-corrected chi connectivity index (χ2v) is 6.23. The van der Waals surface area contributed by atoms with Crippen molar-refractivity contribution in [2.45, 2.75) is 31.7 Å². The topological polar surface area (TPSA) is 66.6 Å². The van der Waals surface area contributed by atoms with E-state index in [0.717, 1.165) is 12.3 Å². The second kappa shape index (κ2) is 5.79. The second-order valence-electron chi connectivity index (χ2n) is 4.75. The molecule has 1 saturated heterocycles. The normalized spacial score (nSPS) is 23.4. The molecule has 2 unspecified atom stereocenters. The van der Waals surface area contributed by atoms with Crippen LogP contribution in [0.2, 0.25) is 0 Å². The zero-order valence-corrected chi connectivity index (χ0v) is 11.9. The highest BCUT2D eigenvalue weighted by molar-refractivity contribution is 8.00. The molecule has 1 fully saturated rings. The average molecular weight is 282 g/mol. The van der Waals surface area contributed by atoms with Crippen molar-refractivity contribution < 1.29 is 10.0 Å². The van der Waals surface area contributed by atoms with Crippen molar-refractivity contribution in [3.8, 4) is 0 Å². The van der Waals surface area contributed by atoms with E-state index in [1.54, 1.807) is 12.1 Å². The number of hydrogen-bond acceptors (Lipinski definition) is 5. The molecule has 2 atom stereocenters. The van der Waals surface area contributed by atoms with Crippen LogP contribution in [-0.2, 0) is 6.61 Å². The number of thioether (sulfide) groups is 1. The van der Waals surface area contributed by atoms with Crippen molar-refractivity contribution in [3.63, 3.8) is 0 Å². The molecule has 0 aromatic heterocycles. The fourth-order valence-electron chi connectivity index (χ4n) is 2.33. The molecule has 1 heterocycles. The van der Waals surface area contributed by atoms with Crippen molar-refractivity contribution in [2.24, 2.45) is 0 Å². The number of nitro benzene ring substituents is 1. The lowest BCUT2D eigenvalue weighted by Crippen LogP contribution is -2.45. The lowest BCUT2D eigenvalue weighted by Gasteiger charge is -2.38. The molecule has 0 bridgehead atoms. The number of hydrogen-bond donors (Lipinski definition) is 1. The first-order valence-corrected chi connectivity index (χ1v) is 7.36. The van der Waals surface area contributed by atoms with Gasteiger partial charge >= 0.3 is 0 Å². The van der Waals surface area contributed by atoms with Crippen LogP contribution in [-0.4, -0.2) is 33.6 Å². The Hall–Kier alpha value is -1.27. The fourth-order valence-corrected chi connectivity index (χ4v) is 3.43. The molecule has 6 heteroatoms. The van der Waals surface area contributed by atoms with Crippen LogP contribution in [0.1, 0.15) is 19.4 Å². The third-order valence-electron chi connectivity index (χ3n) is 3.61. The summed E-state index contributed by atoms with van der Waals surface area (Å²) < 4.78 is 0. The monoisotopic (exact) mass is 282 g/mol.